The normalized spacial score (nSPS) is 10.1. The Hall–Kier alpha value is -1.09. The predicted octanol–water partition coefficient (Wildman–Crippen LogP) is 2.85. The minimum absolute atomic E-state index is 0.0784. The number of likely N-dealkylation sites (N-methyl/N-ethyl adjacent to an activating group) is 1. The first-order valence-corrected chi connectivity index (χ1v) is 5.15. The third-order valence-electron chi connectivity index (χ3n) is 2.06. The summed E-state index contributed by atoms with van der Waals surface area (Å²) in [5.41, 5.74) is 2.40. The fourth-order valence-electron chi connectivity index (χ4n) is 1.31. The van der Waals surface area contributed by atoms with Crippen LogP contribution in [0, 0.1) is 12.7 Å². The van der Waals surface area contributed by atoms with Gasteiger partial charge in [0.25, 0.3) is 0 Å². The van der Waals surface area contributed by atoms with Crippen LogP contribution in [0.5, 0.6) is 0 Å². The second-order valence-corrected chi connectivity index (χ2v) is 3.67. The van der Waals surface area contributed by atoms with Crippen LogP contribution in [-0.4, -0.2) is 11.5 Å². The van der Waals surface area contributed by atoms with Gasteiger partial charge in [0.2, 0.25) is 0 Å². The van der Waals surface area contributed by atoms with Crippen LogP contribution < -0.4 is 5.32 Å². The van der Waals surface area contributed by atoms with E-state index in [9.17, 15) is 4.39 Å². The fourth-order valence-corrected chi connectivity index (χ4v) is 1.49. The molecule has 1 aromatic heterocycles. The Morgan fingerprint density at radius 3 is 2.93 bits per heavy atom. The van der Waals surface area contributed by atoms with Gasteiger partial charge in [0.1, 0.15) is 0 Å². The molecule has 0 radical (unpaired) electrons. The van der Waals surface area contributed by atoms with Crippen molar-refractivity contribution < 1.29 is 4.39 Å². The summed E-state index contributed by atoms with van der Waals surface area (Å²) in [6, 6.07) is 1.41. The molecular formula is C11H14ClFN2. The van der Waals surface area contributed by atoms with Crippen LogP contribution in [0.3, 0.4) is 0 Å². The summed E-state index contributed by atoms with van der Waals surface area (Å²) in [5, 5.41) is 3.00. The van der Waals surface area contributed by atoms with Crippen molar-refractivity contribution in [2.45, 2.75) is 20.3 Å². The van der Waals surface area contributed by atoms with Crippen LogP contribution in [0.25, 0.3) is 0 Å². The van der Waals surface area contributed by atoms with Crippen molar-refractivity contribution in [3.05, 3.63) is 40.6 Å². The molecule has 15 heavy (non-hydrogen) atoms. The second kappa shape index (κ2) is 5.12. The van der Waals surface area contributed by atoms with Crippen molar-refractivity contribution in [2.24, 2.45) is 0 Å². The van der Waals surface area contributed by atoms with Gasteiger partial charge in [-0.1, -0.05) is 18.2 Å². The summed E-state index contributed by atoms with van der Waals surface area (Å²) < 4.78 is 13.2. The third kappa shape index (κ3) is 3.20. The van der Waals surface area contributed by atoms with Crippen LogP contribution in [0.15, 0.2) is 18.3 Å². The molecule has 0 aliphatic rings. The first-order chi connectivity index (χ1) is 7.04. The van der Waals surface area contributed by atoms with Crippen molar-refractivity contribution >= 4 is 11.6 Å². The van der Waals surface area contributed by atoms with Crippen LogP contribution in [0.4, 0.5) is 4.39 Å². The molecule has 4 heteroatoms. The first kappa shape index (κ1) is 12.0. The molecule has 0 aliphatic heterocycles. The van der Waals surface area contributed by atoms with E-state index in [4.69, 9.17) is 11.6 Å². The number of aromatic nitrogens is 1. The predicted molar refractivity (Wildman–Crippen MR) is 60.5 cm³/mol. The average molecular weight is 229 g/mol. The van der Waals surface area contributed by atoms with E-state index < -0.39 is 5.82 Å². The Morgan fingerprint density at radius 1 is 1.67 bits per heavy atom. The number of nitrogens with zero attached hydrogens (tertiary/aromatic N) is 1. The lowest BCUT2D eigenvalue weighted by molar-refractivity contribution is 0.617. The van der Waals surface area contributed by atoms with Gasteiger partial charge in [0, 0.05) is 24.4 Å². The number of hydrogen-bond donors (Lipinski definition) is 1. The number of halogens is 2. The molecule has 0 atom stereocenters. The maximum absolute atomic E-state index is 13.2. The Morgan fingerprint density at radius 2 is 2.33 bits per heavy atom. The van der Waals surface area contributed by atoms with Gasteiger partial charge in [0.05, 0.1) is 0 Å². The Labute approximate surface area is 94.2 Å². The van der Waals surface area contributed by atoms with Gasteiger partial charge in [-0.3, -0.25) is 0 Å². The smallest absolute Gasteiger partial charge is 0.165 e. The van der Waals surface area contributed by atoms with E-state index in [1.807, 2.05) is 6.92 Å². The molecule has 0 unspecified atom stereocenters. The highest BCUT2D eigenvalue weighted by Gasteiger charge is 2.07. The molecule has 1 aromatic rings. The molecule has 2 nitrogen and oxygen atoms in total. The molecule has 0 bridgehead atoms. The molecule has 0 saturated heterocycles. The molecule has 82 valence electrons. The third-order valence-corrected chi connectivity index (χ3v) is 2.32. The monoisotopic (exact) mass is 228 g/mol. The van der Waals surface area contributed by atoms with E-state index >= 15 is 0 Å². The van der Waals surface area contributed by atoms with Gasteiger partial charge in [0.15, 0.2) is 11.0 Å². The lowest BCUT2D eigenvalue weighted by atomic mass is 10.1. The molecular weight excluding hydrogens is 215 g/mol. The SMILES string of the molecule is C=C(Cc1cc(F)c(Cl)nc1C)NCC. The number of aryl methyl sites for hydroxylation is 1. The zero-order valence-corrected chi connectivity index (χ0v) is 9.66. The molecule has 0 spiro atoms. The lowest BCUT2D eigenvalue weighted by Gasteiger charge is -2.09. The van der Waals surface area contributed by atoms with E-state index in [0.29, 0.717) is 6.42 Å². The van der Waals surface area contributed by atoms with Crippen molar-refractivity contribution in [1.82, 2.24) is 10.3 Å². The summed E-state index contributed by atoms with van der Waals surface area (Å²) in [6.45, 7) is 8.44. The fraction of sp³-hybridized carbons (Fsp3) is 0.364. The molecule has 1 heterocycles. The van der Waals surface area contributed by atoms with Crippen LogP contribution >= 0.6 is 11.6 Å². The molecule has 0 amide bonds. The van der Waals surface area contributed by atoms with E-state index in [0.717, 1.165) is 23.5 Å². The summed E-state index contributed by atoms with van der Waals surface area (Å²) in [4.78, 5) is 3.91. The van der Waals surface area contributed by atoms with Crippen LogP contribution in [0.1, 0.15) is 18.2 Å². The molecule has 0 aromatic carbocycles. The van der Waals surface area contributed by atoms with Crippen molar-refractivity contribution in [3.63, 3.8) is 0 Å². The van der Waals surface area contributed by atoms with Gasteiger partial charge < -0.3 is 5.32 Å². The summed E-state index contributed by atoms with van der Waals surface area (Å²) in [5.74, 6) is -0.485. The highest BCUT2D eigenvalue weighted by Crippen LogP contribution is 2.17. The molecule has 1 rings (SSSR count). The van der Waals surface area contributed by atoms with Gasteiger partial charge in [-0.25, -0.2) is 9.37 Å². The quantitative estimate of drug-likeness (QED) is 0.802. The first-order valence-electron chi connectivity index (χ1n) is 4.77. The Bertz CT molecular complexity index is 377. The zero-order valence-electron chi connectivity index (χ0n) is 8.90. The number of rotatable bonds is 4. The number of hydrogen-bond acceptors (Lipinski definition) is 2. The standard InChI is InChI=1S/C11H14ClFN2/c1-4-14-7(2)5-9-6-10(13)11(12)15-8(9)3/h6,14H,2,4-5H2,1,3H3. The number of allylic oxidation sites excluding steroid dienone is 1. The van der Waals surface area contributed by atoms with Crippen molar-refractivity contribution in [1.29, 1.82) is 0 Å². The largest absolute Gasteiger partial charge is 0.389 e. The van der Waals surface area contributed by atoms with Gasteiger partial charge in [-0.2, -0.15) is 0 Å². The topological polar surface area (TPSA) is 24.9 Å². The molecule has 0 saturated carbocycles. The number of pyridine rings is 1. The van der Waals surface area contributed by atoms with Crippen molar-refractivity contribution in [2.75, 3.05) is 6.54 Å². The highest BCUT2D eigenvalue weighted by atomic mass is 35.5. The summed E-state index contributed by atoms with van der Waals surface area (Å²) >= 11 is 5.56. The van der Waals surface area contributed by atoms with Crippen LogP contribution in [0.2, 0.25) is 5.15 Å². The van der Waals surface area contributed by atoms with E-state index in [2.05, 4.69) is 16.9 Å². The average Bonchev–Trinajstić information content (AvgIpc) is 2.14. The van der Waals surface area contributed by atoms with Crippen molar-refractivity contribution in [3.8, 4) is 0 Å². The van der Waals surface area contributed by atoms with E-state index in [-0.39, 0.29) is 5.15 Å². The zero-order chi connectivity index (χ0) is 11.4. The number of nitrogens with one attached hydrogen (secondary N) is 1. The van der Waals surface area contributed by atoms with E-state index in [1.165, 1.54) is 6.07 Å². The Balaban J connectivity index is 2.86. The summed E-state index contributed by atoms with van der Waals surface area (Å²) in [6.07, 6.45) is 0.570. The minimum Gasteiger partial charge on any atom is -0.389 e. The van der Waals surface area contributed by atoms with Crippen LogP contribution in [-0.2, 0) is 6.42 Å². The van der Waals surface area contributed by atoms with Gasteiger partial charge >= 0.3 is 0 Å². The van der Waals surface area contributed by atoms with Gasteiger partial charge in [-0.15, -0.1) is 0 Å². The molecule has 1 N–H and O–H groups in total. The maximum Gasteiger partial charge on any atom is 0.165 e. The minimum atomic E-state index is -0.485. The maximum atomic E-state index is 13.2. The lowest BCUT2D eigenvalue weighted by Crippen LogP contribution is -2.13. The molecule has 0 aliphatic carbocycles. The van der Waals surface area contributed by atoms with E-state index in [1.54, 1.807) is 6.92 Å². The second-order valence-electron chi connectivity index (χ2n) is 3.32. The van der Waals surface area contributed by atoms with Gasteiger partial charge in [-0.05, 0) is 25.5 Å². The molecule has 0 fully saturated rings. The summed E-state index contributed by atoms with van der Waals surface area (Å²) in [7, 11) is 0. The highest BCUT2D eigenvalue weighted by molar-refractivity contribution is 6.29. The Kier molecular flexibility index (Phi) is 4.09.